The highest BCUT2D eigenvalue weighted by molar-refractivity contribution is 6.36. The molecule has 0 aliphatic rings. The highest BCUT2D eigenvalue weighted by Gasteiger charge is 2.16. The lowest BCUT2D eigenvalue weighted by Crippen LogP contribution is -1.94. The molecule has 0 saturated carbocycles. The Hall–Kier alpha value is -1.09. The molecule has 0 radical (unpaired) electrons. The summed E-state index contributed by atoms with van der Waals surface area (Å²) in [4.78, 5) is 0. The molecule has 5 heteroatoms. The molecule has 2 aromatic rings. The van der Waals surface area contributed by atoms with Crippen molar-refractivity contribution >= 4 is 34.8 Å². The van der Waals surface area contributed by atoms with Crippen LogP contribution in [-0.4, -0.2) is 14.2 Å². The largest absolute Gasteiger partial charge is 0.493 e. The first-order chi connectivity index (χ1) is 9.06. The summed E-state index contributed by atoms with van der Waals surface area (Å²) in [6.07, 6.45) is 0. The molecule has 2 nitrogen and oxygen atoms in total. The van der Waals surface area contributed by atoms with Gasteiger partial charge in [-0.2, -0.15) is 0 Å². The van der Waals surface area contributed by atoms with Gasteiger partial charge in [0.2, 0.25) is 0 Å². The molecule has 19 heavy (non-hydrogen) atoms. The molecule has 2 aromatic carbocycles. The van der Waals surface area contributed by atoms with Gasteiger partial charge in [0.25, 0.3) is 0 Å². The Labute approximate surface area is 126 Å². The molecular formula is C14H11Cl3O2. The van der Waals surface area contributed by atoms with Crippen LogP contribution in [0.4, 0.5) is 0 Å². The minimum absolute atomic E-state index is 0.531. The standard InChI is InChI=1S/C14H11Cl3O2/c1-18-13-7-9(16)6-11(14(13)19-2)10-5-8(15)3-4-12(10)17/h3-7H,1-2H3. The first-order valence-corrected chi connectivity index (χ1v) is 6.57. The van der Waals surface area contributed by atoms with Crippen LogP contribution in [0, 0.1) is 0 Å². The van der Waals surface area contributed by atoms with Crippen molar-refractivity contribution in [2.45, 2.75) is 0 Å². The lowest BCUT2D eigenvalue weighted by atomic mass is 10.0. The number of hydrogen-bond donors (Lipinski definition) is 0. The van der Waals surface area contributed by atoms with Crippen molar-refractivity contribution in [2.24, 2.45) is 0 Å². The second kappa shape index (κ2) is 5.91. The number of halogens is 3. The first-order valence-electron chi connectivity index (χ1n) is 5.43. The third-order valence-corrected chi connectivity index (χ3v) is 3.45. The molecule has 0 aromatic heterocycles. The molecule has 2 rings (SSSR count). The smallest absolute Gasteiger partial charge is 0.168 e. The van der Waals surface area contributed by atoms with E-state index in [0.717, 1.165) is 11.1 Å². The highest BCUT2D eigenvalue weighted by atomic mass is 35.5. The lowest BCUT2D eigenvalue weighted by Gasteiger charge is -2.14. The SMILES string of the molecule is COc1cc(Cl)cc(-c2cc(Cl)ccc2Cl)c1OC. The van der Waals surface area contributed by atoms with Gasteiger partial charge in [-0.25, -0.2) is 0 Å². The zero-order valence-electron chi connectivity index (χ0n) is 10.3. The molecular weight excluding hydrogens is 307 g/mol. The quantitative estimate of drug-likeness (QED) is 0.761. The second-order valence-electron chi connectivity index (χ2n) is 3.81. The van der Waals surface area contributed by atoms with E-state index in [4.69, 9.17) is 44.3 Å². The maximum Gasteiger partial charge on any atom is 0.168 e. The first kappa shape index (κ1) is 14.3. The van der Waals surface area contributed by atoms with Gasteiger partial charge in [-0.15, -0.1) is 0 Å². The van der Waals surface area contributed by atoms with Gasteiger partial charge >= 0.3 is 0 Å². The van der Waals surface area contributed by atoms with Crippen LogP contribution >= 0.6 is 34.8 Å². The van der Waals surface area contributed by atoms with Crippen molar-refractivity contribution in [1.29, 1.82) is 0 Å². The predicted octanol–water partition coefficient (Wildman–Crippen LogP) is 5.33. The third kappa shape index (κ3) is 2.92. The topological polar surface area (TPSA) is 18.5 Å². The van der Waals surface area contributed by atoms with Crippen molar-refractivity contribution in [2.75, 3.05) is 14.2 Å². The summed E-state index contributed by atoms with van der Waals surface area (Å²) in [7, 11) is 3.12. The number of hydrogen-bond acceptors (Lipinski definition) is 2. The van der Waals surface area contributed by atoms with Crippen molar-refractivity contribution in [3.8, 4) is 22.6 Å². The van der Waals surface area contributed by atoms with E-state index in [9.17, 15) is 0 Å². The van der Waals surface area contributed by atoms with E-state index >= 15 is 0 Å². The summed E-state index contributed by atoms with van der Waals surface area (Å²) in [6.45, 7) is 0. The summed E-state index contributed by atoms with van der Waals surface area (Å²) >= 11 is 18.3. The number of rotatable bonds is 3. The fourth-order valence-electron chi connectivity index (χ4n) is 1.83. The Bertz CT molecular complexity index is 612. The minimum atomic E-state index is 0.531. The van der Waals surface area contributed by atoms with Crippen LogP contribution in [0.5, 0.6) is 11.5 Å². The van der Waals surface area contributed by atoms with Crippen LogP contribution in [0.2, 0.25) is 15.1 Å². The van der Waals surface area contributed by atoms with Crippen LogP contribution in [0.3, 0.4) is 0 Å². The van der Waals surface area contributed by atoms with Gasteiger partial charge < -0.3 is 9.47 Å². The number of methoxy groups -OCH3 is 2. The fourth-order valence-corrected chi connectivity index (χ4v) is 2.43. The Morgan fingerprint density at radius 2 is 1.47 bits per heavy atom. The van der Waals surface area contributed by atoms with E-state index in [1.807, 2.05) is 0 Å². The Morgan fingerprint density at radius 3 is 2.11 bits per heavy atom. The highest BCUT2D eigenvalue weighted by Crippen LogP contribution is 2.43. The Balaban J connectivity index is 2.73. The van der Waals surface area contributed by atoms with Gasteiger partial charge in [-0.1, -0.05) is 34.8 Å². The van der Waals surface area contributed by atoms with E-state index in [2.05, 4.69) is 0 Å². The van der Waals surface area contributed by atoms with Gasteiger partial charge in [0, 0.05) is 32.3 Å². The predicted molar refractivity (Wildman–Crippen MR) is 80.0 cm³/mol. The molecule has 0 fully saturated rings. The van der Waals surface area contributed by atoms with Gasteiger partial charge in [0.05, 0.1) is 14.2 Å². The Morgan fingerprint density at radius 1 is 0.789 bits per heavy atom. The van der Waals surface area contributed by atoms with Crippen LogP contribution in [0.1, 0.15) is 0 Å². The summed E-state index contributed by atoms with van der Waals surface area (Å²) in [5.41, 5.74) is 1.48. The van der Waals surface area contributed by atoms with Crippen LogP contribution in [0.25, 0.3) is 11.1 Å². The summed E-state index contributed by atoms with van der Waals surface area (Å²) in [5, 5.41) is 1.68. The molecule has 0 aliphatic heterocycles. The second-order valence-corrected chi connectivity index (χ2v) is 5.09. The van der Waals surface area contributed by atoms with Gasteiger partial charge in [-0.3, -0.25) is 0 Å². The van der Waals surface area contributed by atoms with Crippen molar-refractivity contribution in [1.82, 2.24) is 0 Å². The van der Waals surface area contributed by atoms with E-state index in [1.54, 1.807) is 44.6 Å². The van der Waals surface area contributed by atoms with E-state index < -0.39 is 0 Å². The summed E-state index contributed by atoms with van der Waals surface area (Å²) < 4.78 is 10.7. The summed E-state index contributed by atoms with van der Waals surface area (Å²) in [6, 6.07) is 8.66. The van der Waals surface area contributed by atoms with E-state index in [1.165, 1.54) is 0 Å². The molecule has 100 valence electrons. The maximum atomic E-state index is 6.21. The van der Waals surface area contributed by atoms with Crippen LogP contribution < -0.4 is 9.47 Å². The van der Waals surface area contributed by atoms with Crippen molar-refractivity contribution < 1.29 is 9.47 Å². The van der Waals surface area contributed by atoms with Gasteiger partial charge in [-0.05, 0) is 24.3 Å². The molecule has 0 saturated heterocycles. The Kier molecular flexibility index (Phi) is 4.46. The van der Waals surface area contributed by atoms with Crippen LogP contribution in [-0.2, 0) is 0 Å². The van der Waals surface area contributed by atoms with Crippen LogP contribution in [0.15, 0.2) is 30.3 Å². The zero-order valence-corrected chi connectivity index (χ0v) is 12.6. The van der Waals surface area contributed by atoms with E-state index in [0.29, 0.717) is 26.6 Å². The molecule has 0 bridgehead atoms. The average molecular weight is 318 g/mol. The monoisotopic (exact) mass is 316 g/mol. The normalized spacial score (nSPS) is 10.4. The molecule has 0 amide bonds. The van der Waals surface area contributed by atoms with E-state index in [-0.39, 0.29) is 0 Å². The molecule has 0 atom stereocenters. The van der Waals surface area contributed by atoms with Crippen molar-refractivity contribution in [3.63, 3.8) is 0 Å². The number of benzene rings is 2. The average Bonchev–Trinajstić information content (AvgIpc) is 2.40. The van der Waals surface area contributed by atoms with Gasteiger partial charge in [0.1, 0.15) is 0 Å². The fraction of sp³-hybridized carbons (Fsp3) is 0.143. The van der Waals surface area contributed by atoms with Crippen molar-refractivity contribution in [3.05, 3.63) is 45.4 Å². The molecule has 0 spiro atoms. The maximum absolute atomic E-state index is 6.21. The summed E-state index contributed by atoms with van der Waals surface area (Å²) in [5.74, 6) is 1.11. The molecule has 0 aliphatic carbocycles. The molecule has 0 heterocycles. The molecule has 0 N–H and O–H groups in total. The number of ether oxygens (including phenoxy) is 2. The van der Waals surface area contributed by atoms with Gasteiger partial charge in [0.15, 0.2) is 11.5 Å². The molecule has 0 unspecified atom stereocenters. The third-order valence-electron chi connectivity index (χ3n) is 2.66. The zero-order chi connectivity index (χ0) is 14.0. The lowest BCUT2D eigenvalue weighted by molar-refractivity contribution is 0.356. The minimum Gasteiger partial charge on any atom is -0.493 e.